The molecule has 0 saturated carbocycles. The normalized spacial score (nSPS) is 11.6. The quantitative estimate of drug-likeness (QED) is 0.444. The fourth-order valence-corrected chi connectivity index (χ4v) is 3.82. The molecule has 0 spiro atoms. The number of nitrogens with one attached hydrogen (secondary N) is 1. The van der Waals surface area contributed by atoms with E-state index in [-0.39, 0.29) is 0 Å². The predicted octanol–water partition coefficient (Wildman–Crippen LogP) is 4.80. The number of hydrogen-bond donors (Lipinski definition) is 1. The third kappa shape index (κ3) is 8.24. The van der Waals surface area contributed by atoms with E-state index in [1.54, 1.807) is 14.2 Å². The number of anilines is 1. The molecule has 0 atom stereocenters. The van der Waals surface area contributed by atoms with Crippen LogP contribution in [-0.4, -0.2) is 29.3 Å². The Balaban J connectivity index is 1.91. The summed E-state index contributed by atoms with van der Waals surface area (Å²) < 4.78 is 11.0. The van der Waals surface area contributed by atoms with Gasteiger partial charge in [-0.15, -0.1) is 0 Å². The second-order valence-electron chi connectivity index (χ2n) is 5.71. The SMILES string of the molecule is CO[Si](C)(CCCCCCCCNc1ccccc1)OC. The fourth-order valence-electron chi connectivity index (χ4n) is 2.35. The first-order chi connectivity index (χ1) is 10.2. The summed E-state index contributed by atoms with van der Waals surface area (Å²) in [5.41, 5.74) is 1.22. The molecule has 0 aliphatic heterocycles. The minimum atomic E-state index is -1.83. The van der Waals surface area contributed by atoms with Crippen molar-refractivity contribution in [2.45, 2.75) is 51.1 Å². The van der Waals surface area contributed by atoms with Crippen LogP contribution in [0.1, 0.15) is 38.5 Å². The van der Waals surface area contributed by atoms with Crippen LogP contribution >= 0.6 is 0 Å². The molecule has 21 heavy (non-hydrogen) atoms. The summed E-state index contributed by atoms with van der Waals surface area (Å²) in [5.74, 6) is 0. The Kier molecular flexibility index (Phi) is 9.38. The molecular formula is C17H31NO2Si. The Morgan fingerprint density at radius 3 is 2.05 bits per heavy atom. The van der Waals surface area contributed by atoms with Crippen LogP contribution in [0.5, 0.6) is 0 Å². The van der Waals surface area contributed by atoms with Crippen LogP contribution in [0.3, 0.4) is 0 Å². The monoisotopic (exact) mass is 309 g/mol. The Morgan fingerprint density at radius 2 is 1.43 bits per heavy atom. The van der Waals surface area contributed by atoms with Crippen molar-refractivity contribution in [1.29, 1.82) is 0 Å². The van der Waals surface area contributed by atoms with Gasteiger partial charge in [-0.2, -0.15) is 0 Å². The molecule has 0 saturated heterocycles. The second kappa shape index (κ2) is 10.8. The minimum absolute atomic E-state index is 1.07. The molecule has 120 valence electrons. The van der Waals surface area contributed by atoms with E-state index in [1.807, 2.05) is 6.07 Å². The highest BCUT2D eigenvalue weighted by Gasteiger charge is 2.27. The summed E-state index contributed by atoms with van der Waals surface area (Å²) in [6, 6.07) is 11.5. The third-order valence-electron chi connectivity index (χ3n) is 4.02. The number of rotatable bonds is 12. The average Bonchev–Trinajstić information content (AvgIpc) is 2.54. The first kappa shape index (κ1) is 18.2. The van der Waals surface area contributed by atoms with Crippen LogP contribution in [0, 0.1) is 0 Å². The highest BCUT2D eigenvalue weighted by atomic mass is 28.4. The van der Waals surface area contributed by atoms with E-state index < -0.39 is 8.56 Å². The maximum absolute atomic E-state index is 5.50. The van der Waals surface area contributed by atoms with Gasteiger partial charge in [0.1, 0.15) is 0 Å². The lowest BCUT2D eigenvalue weighted by atomic mass is 10.1. The smallest absolute Gasteiger partial charge is 0.334 e. The molecule has 0 unspecified atom stereocenters. The summed E-state index contributed by atoms with van der Waals surface area (Å²) in [6.07, 6.45) is 7.73. The first-order valence-electron chi connectivity index (χ1n) is 8.09. The van der Waals surface area contributed by atoms with E-state index in [0.717, 1.165) is 12.6 Å². The van der Waals surface area contributed by atoms with Crippen molar-refractivity contribution in [3.05, 3.63) is 30.3 Å². The van der Waals surface area contributed by atoms with E-state index in [9.17, 15) is 0 Å². The maximum Gasteiger partial charge on any atom is 0.334 e. The zero-order chi connectivity index (χ0) is 15.4. The van der Waals surface area contributed by atoms with Crippen LogP contribution in [0.2, 0.25) is 12.6 Å². The van der Waals surface area contributed by atoms with Gasteiger partial charge in [-0.25, -0.2) is 0 Å². The van der Waals surface area contributed by atoms with Gasteiger partial charge in [-0.1, -0.05) is 50.3 Å². The van der Waals surface area contributed by atoms with Crippen molar-refractivity contribution < 1.29 is 8.85 Å². The molecule has 1 rings (SSSR count). The molecule has 0 heterocycles. The van der Waals surface area contributed by atoms with Gasteiger partial charge in [0.25, 0.3) is 0 Å². The van der Waals surface area contributed by atoms with Gasteiger partial charge in [0.15, 0.2) is 0 Å². The topological polar surface area (TPSA) is 30.5 Å². The number of unbranched alkanes of at least 4 members (excludes halogenated alkanes) is 5. The molecule has 0 aliphatic rings. The first-order valence-corrected chi connectivity index (χ1v) is 10.6. The Labute approximate surface area is 131 Å². The fraction of sp³-hybridized carbons (Fsp3) is 0.647. The van der Waals surface area contributed by atoms with Gasteiger partial charge in [0.05, 0.1) is 0 Å². The van der Waals surface area contributed by atoms with Gasteiger partial charge in [0.2, 0.25) is 0 Å². The van der Waals surface area contributed by atoms with Crippen LogP contribution < -0.4 is 5.32 Å². The number of hydrogen-bond acceptors (Lipinski definition) is 3. The lowest BCUT2D eigenvalue weighted by Crippen LogP contribution is -2.35. The van der Waals surface area contributed by atoms with Crippen LogP contribution in [-0.2, 0) is 8.85 Å². The van der Waals surface area contributed by atoms with Crippen molar-refractivity contribution >= 4 is 14.2 Å². The van der Waals surface area contributed by atoms with Crippen molar-refractivity contribution in [3.8, 4) is 0 Å². The zero-order valence-electron chi connectivity index (χ0n) is 13.9. The van der Waals surface area contributed by atoms with Crippen molar-refractivity contribution in [3.63, 3.8) is 0 Å². The van der Waals surface area contributed by atoms with Gasteiger partial charge >= 0.3 is 8.56 Å². The summed E-state index contributed by atoms with van der Waals surface area (Å²) in [4.78, 5) is 0. The summed E-state index contributed by atoms with van der Waals surface area (Å²) in [7, 11) is 1.72. The molecular weight excluding hydrogens is 278 g/mol. The maximum atomic E-state index is 5.50. The molecule has 4 heteroatoms. The zero-order valence-corrected chi connectivity index (χ0v) is 14.9. The Morgan fingerprint density at radius 1 is 0.857 bits per heavy atom. The summed E-state index contributed by atoms with van der Waals surface area (Å²) in [6.45, 7) is 3.21. The molecule has 0 bridgehead atoms. The molecule has 1 aromatic rings. The largest absolute Gasteiger partial charge is 0.398 e. The van der Waals surface area contributed by atoms with E-state index in [1.165, 1.54) is 44.2 Å². The lowest BCUT2D eigenvalue weighted by Gasteiger charge is -2.22. The van der Waals surface area contributed by atoms with Crippen LogP contribution in [0.25, 0.3) is 0 Å². The lowest BCUT2D eigenvalue weighted by molar-refractivity contribution is 0.248. The van der Waals surface area contributed by atoms with Crippen molar-refractivity contribution in [2.75, 3.05) is 26.1 Å². The molecule has 0 aromatic heterocycles. The van der Waals surface area contributed by atoms with E-state index in [0.29, 0.717) is 0 Å². The van der Waals surface area contributed by atoms with Gasteiger partial charge in [-0.05, 0) is 31.1 Å². The summed E-state index contributed by atoms with van der Waals surface area (Å²) >= 11 is 0. The van der Waals surface area contributed by atoms with Crippen molar-refractivity contribution in [2.24, 2.45) is 0 Å². The van der Waals surface area contributed by atoms with Gasteiger partial charge in [-0.3, -0.25) is 0 Å². The number of para-hydroxylation sites is 1. The van der Waals surface area contributed by atoms with E-state index >= 15 is 0 Å². The predicted molar refractivity (Wildman–Crippen MR) is 93.1 cm³/mol. The molecule has 0 fully saturated rings. The second-order valence-corrected chi connectivity index (χ2v) is 9.29. The molecule has 3 nitrogen and oxygen atoms in total. The highest BCUT2D eigenvalue weighted by molar-refractivity contribution is 6.65. The van der Waals surface area contributed by atoms with Crippen LogP contribution in [0.15, 0.2) is 30.3 Å². The van der Waals surface area contributed by atoms with E-state index in [4.69, 9.17) is 8.85 Å². The molecule has 0 aliphatic carbocycles. The third-order valence-corrected chi connectivity index (χ3v) is 7.01. The Hall–Kier alpha value is -0.843. The molecule has 0 amide bonds. The average molecular weight is 310 g/mol. The minimum Gasteiger partial charge on any atom is -0.398 e. The van der Waals surface area contributed by atoms with Gasteiger partial charge in [0, 0.05) is 26.5 Å². The van der Waals surface area contributed by atoms with Gasteiger partial charge < -0.3 is 14.2 Å². The summed E-state index contributed by atoms with van der Waals surface area (Å²) in [5, 5.41) is 3.45. The molecule has 0 radical (unpaired) electrons. The van der Waals surface area contributed by atoms with E-state index in [2.05, 4.69) is 36.1 Å². The molecule has 1 N–H and O–H groups in total. The molecule has 1 aromatic carbocycles. The standard InChI is InChI=1S/C17H31NO2Si/c1-19-21(3,20-2)16-12-7-5-4-6-11-15-18-17-13-9-8-10-14-17/h8-10,13-14,18H,4-7,11-12,15-16H2,1-3H3. The van der Waals surface area contributed by atoms with Crippen LogP contribution in [0.4, 0.5) is 5.69 Å². The van der Waals surface area contributed by atoms with Crippen molar-refractivity contribution in [1.82, 2.24) is 0 Å². The number of benzene rings is 1. The highest BCUT2D eigenvalue weighted by Crippen LogP contribution is 2.17. The Bertz CT molecular complexity index is 355.